The maximum atomic E-state index is 5.96. The van der Waals surface area contributed by atoms with Crippen LogP contribution in [-0.2, 0) is 0 Å². The normalized spacial score (nSPS) is 15.3. The van der Waals surface area contributed by atoms with E-state index in [2.05, 4.69) is 15.6 Å². The SMILES string of the molecule is Clc1cccnc1NCCCNC1CC1. The lowest BCUT2D eigenvalue weighted by molar-refractivity contribution is 0.658. The fraction of sp³-hybridized carbons (Fsp3) is 0.545. The first-order valence-electron chi connectivity index (χ1n) is 5.44. The van der Waals surface area contributed by atoms with Crippen LogP contribution in [-0.4, -0.2) is 24.1 Å². The summed E-state index contributed by atoms with van der Waals surface area (Å²) in [6, 6.07) is 4.48. The summed E-state index contributed by atoms with van der Waals surface area (Å²) in [5.41, 5.74) is 0. The van der Waals surface area contributed by atoms with Crippen LogP contribution in [0.3, 0.4) is 0 Å². The molecule has 1 aromatic heterocycles. The summed E-state index contributed by atoms with van der Waals surface area (Å²) >= 11 is 5.96. The van der Waals surface area contributed by atoms with Crippen LogP contribution in [0, 0.1) is 0 Å². The van der Waals surface area contributed by atoms with Crippen LogP contribution in [0.25, 0.3) is 0 Å². The third kappa shape index (κ3) is 3.68. The number of pyridine rings is 1. The number of nitrogens with one attached hydrogen (secondary N) is 2. The first-order chi connectivity index (χ1) is 7.36. The van der Waals surface area contributed by atoms with Gasteiger partial charge in [-0.15, -0.1) is 0 Å². The highest BCUT2D eigenvalue weighted by Gasteiger charge is 2.19. The largest absolute Gasteiger partial charge is 0.369 e. The number of aromatic nitrogens is 1. The molecule has 2 N–H and O–H groups in total. The molecule has 15 heavy (non-hydrogen) atoms. The number of halogens is 1. The van der Waals surface area contributed by atoms with Gasteiger partial charge in [-0.1, -0.05) is 11.6 Å². The topological polar surface area (TPSA) is 37.0 Å². The number of anilines is 1. The van der Waals surface area contributed by atoms with Crippen LogP contribution >= 0.6 is 11.6 Å². The maximum Gasteiger partial charge on any atom is 0.144 e. The van der Waals surface area contributed by atoms with Crippen LogP contribution in [0.4, 0.5) is 5.82 Å². The van der Waals surface area contributed by atoms with Crippen molar-refractivity contribution in [3.63, 3.8) is 0 Å². The van der Waals surface area contributed by atoms with Crippen molar-refractivity contribution in [2.24, 2.45) is 0 Å². The predicted octanol–water partition coefficient (Wildman–Crippen LogP) is 2.29. The average Bonchev–Trinajstić information content (AvgIpc) is 3.04. The van der Waals surface area contributed by atoms with Gasteiger partial charge in [0.25, 0.3) is 0 Å². The Morgan fingerprint density at radius 2 is 2.27 bits per heavy atom. The zero-order valence-corrected chi connectivity index (χ0v) is 9.43. The van der Waals surface area contributed by atoms with E-state index in [-0.39, 0.29) is 0 Å². The Kier molecular flexibility index (Phi) is 3.80. The van der Waals surface area contributed by atoms with Crippen LogP contribution in [0.15, 0.2) is 18.3 Å². The molecule has 2 rings (SSSR count). The molecule has 1 aliphatic rings. The fourth-order valence-electron chi connectivity index (χ4n) is 1.40. The second-order valence-corrected chi connectivity index (χ2v) is 4.25. The molecule has 0 aliphatic heterocycles. The van der Waals surface area contributed by atoms with Crippen molar-refractivity contribution in [1.29, 1.82) is 0 Å². The number of nitrogens with zero attached hydrogens (tertiary/aromatic N) is 1. The standard InChI is InChI=1S/C11H16ClN3/c12-10-3-1-6-14-11(10)15-8-2-7-13-9-4-5-9/h1,3,6,9,13H,2,4-5,7-8H2,(H,14,15). The van der Waals surface area contributed by atoms with E-state index >= 15 is 0 Å². The fourth-order valence-corrected chi connectivity index (χ4v) is 1.59. The van der Waals surface area contributed by atoms with Gasteiger partial charge in [0.2, 0.25) is 0 Å². The Morgan fingerprint density at radius 1 is 1.40 bits per heavy atom. The van der Waals surface area contributed by atoms with Crippen molar-refractivity contribution in [2.45, 2.75) is 25.3 Å². The molecule has 0 spiro atoms. The monoisotopic (exact) mass is 225 g/mol. The van der Waals surface area contributed by atoms with E-state index < -0.39 is 0 Å². The molecule has 1 saturated carbocycles. The van der Waals surface area contributed by atoms with E-state index in [1.54, 1.807) is 6.20 Å². The summed E-state index contributed by atoms with van der Waals surface area (Å²) in [5.74, 6) is 0.783. The van der Waals surface area contributed by atoms with Crippen molar-refractivity contribution in [3.05, 3.63) is 23.4 Å². The Morgan fingerprint density at radius 3 is 3.00 bits per heavy atom. The van der Waals surface area contributed by atoms with Crippen molar-refractivity contribution in [1.82, 2.24) is 10.3 Å². The molecule has 0 bridgehead atoms. The zero-order valence-electron chi connectivity index (χ0n) is 8.67. The highest BCUT2D eigenvalue weighted by Crippen LogP contribution is 2.18. The lowest BCUT2D eigenvalue weighted by Gasteiger charge is -2.07. The van der Waals surface area contributed by atoms with Gasteiger partial charge in [0, 0.05) is 18.8 Å². The van der Waals surface area contributed by atoms with E-state index in [0.29, 0.717) is 5.02 Å². The van der Waals surface area contributed by atoms with E-state index in [9.17, 15) is 0 Å². The predicted molar refractivity (Wildman–Crippen MR) is 63.4 cm³/mol. The molecule has 0 saturated heterocycles. The van der Waals surface area contributed by atoms with Gasteiger partial charge in [0.05, 0.1) is 5.02 Å². The molecule has 82 valence electrons. The van der Waals surface area contributed by atoms with E-state index in [1.807, 2.05) is 12.1 Å². The second-order valence-electron chi connectivity index (χ2n) is 3.84. The minimum Gasteiger partial charge on any atom is -0.369 e. The highest BCUT2D eigenvalue weighted by molar-refractivity contribution is 6.32. The summed E-state index contributed by atoms with van der Waals surface area (Å²) in [6.07, 6.45) is 5.54. The van der Waals surface area contributed by atoms with Gasteiger partial charge in [-0.2, -0.15) is 0 Å². The van der Waals surface area contributed by atoms with Gasteiger partial charge in [-0.05, 0) is 37.9 Å². The molecule has 1 heterocycles. The molecular formula is C11H16ClN3. The molecule has 1 aromatic rings. The molecule has 0 atom stereocenters. The number of hydrogen-bond acceptors (Lipinski definition) is 3. The van der Waals surface area contributed by atoms with Crippen molar-refractivity contribution >= 4 is 17.4 Å². The number of hydrogen-bond donors (Lipinski definition) is 2. The lowest BCUT2D eigenvalue weighted by Crippen LogP contribution is -2.20. The molecule has 0 unspecified atom stereocenters. The second kappa shape index (κ2) is 5.33. The molecule has 4 heteroatoms. The van der Waals surface area contributed by atoms with Crippen LogP contribution in [0.5, 0.6) is 0 Å². The minimum atomic E-state index is 0.688. The van der Waals surface area contributed by atoms with E-state index in [4.69, 9.17) is 11.6 Å². The third-order valence-corrected chi connectivity index (χ3v) is 2.72. The van der Waals surface area contributed by atoms with Gasteiger partial charge in [0.1, 0.15) is 5.82 Å². The summed E-state index contributed by atoms with van der Waals surface area (Å²) < 4.78 is 0. The van der Waals surface area contributed by atoms with Crippen LogP contribution in [0.1, 0.15) is 19.3 Å². The molecule has 1 fully saturated rings. The Balaban J connectivity index is 1.62. The summed E-state index contributed by atoms with van der Waals surface area (Å²) in [6.45, 7) is 1.98. The Labute approximate surface area is 95.2 Å². The molecule has 3 nitrogen and oxygen atoms in total. The molecule has 1 aliphatic carbocycles. The highest BCUT2D eigenvalue weighted by atomic mass is 35.5. The van der Waals surface area contributed by atoms with Crippen molar-refractivity contribution < 1.29 is 0 Å². The van der Waals surface area contributed by atoms with Gasteiger partial charge in [-0.3, -0.25) is 0 Å². The number of rotatable bonds is 6. The van der Waals surface area contributed by atoms with Crippen molar-refractivity contribution in [3.8, 4) is 0 Å². The molecule has 0 aromatic carbocycles. The quantitative estimate of drug-likeness (QED) is 0.730. The molecule has 0 radical (unpaired) electrons. The summed E-state index contributed by atoms with van der Waals surface area (Å²) in [4.78, 5) is 4.16. The molecular weight excluding hydrogens is 210 g/mol. The Bertz CT molecular complexity index is 312. The first kappa shape index (κ1) is 10.7. The maximum absolute atomic E-state index is 5.96. The van der Waals surface area contributed by atoms with E-state index in [0.717, 1.165) is 31.4 Å². The van der Waals surface area contributed by atoms with Crippen LogP contribution in [0.2, 0.25) is 5.02 Å². The summed E-state index contributed by atoms with van der Waals surface area (Å²) in [7, 11) is 0. The third-order valence-electron chi connectivity index (χ3n) is 2.41. The van der Waals surface area contributed by atoms with Gasteiger partial charge in [-0.25, -0.2) is 4.98 Å². The van der Waals surface area contributed by atoms with E-state index in [1.165, 1.54) is 12.8 Å². The van der Waals surface area contributed by atoms with Crippen LogP contribution < -0.4 is 10.6 Å². The smallest absolute Gasteiger partial charge is 0.144 e. The summed E-state index contributed by atoms with van der Waals surface area (Å²) in [5, 5.41) is 7.38. The minimum absolute atomic E-state index is 0.688. The van der Waals surface area contributed by atoms with Gasteiger partial charge in [0.15, 0.2) is 0 Å². The zero-order chi connectivity index (χ0) is 10.5. The lowest BCUT2D eigenvalue weighted by atomic mass is 10.4. The van der Waals surface area contributed by atoms with Crippen molar-refractivity contribution in [2.75, 3.05) is 18.4 Å². The van der Waals surface area contributed by atoms with Gasteiger partial charge >= 0.3 is 0 Å². The first-order valence-corrected chi connectivity index (χ1v) is 5.82. The average molecular weight is 226 g/mol. The molecule has 0 amide bonds. The Hall–Kier alpha value is -0.800. The van der Waals surface area contributed by atoms with Gasteiger partial charge < -0.3 is 10.6 Å².